The van der Waals surface area contributed by atoms with E-state index in [2.05, 4.69) is 37.4 Å². The van der Waals surface area contributed by atoms with Gasteiger partial charge in [0.25, 0.3) is 0 Å². The van der Waals surface area contributed by atoms with Gasteiger partial charge in [0.1, 0.15) is 0 Å². The Morgan fingerprint density at radius 2 is 1.84 bits per heavy atom. The van der Waals surface area contributed by atoms with Gasteiger partial charge in [-0.1, -0.05) is 36.4 Å². The van der Waals surface area contributed by atoms with Crippen LogP contribution in [0.4, 0.5) is 17.3 Å². The number of likely N-dealkylation sites (tertiary alicyclic amines) is 1. The maximum atomic E-state index is 13.1. The molecule has 2 atom stereocenters. The number of H-pyrrole nitrogens is 1. The number of halogens is 1. The van der Waals surface area contributed by atoms with Crippen LogP contribution in [0.1, 0.15) is 6.42 Å². The van der Waals surface area contributed by atoms with Crippen molar-refractivity contribution in [2.75, 3.05) is 36.1 Å². The number of nitrogens with zero attached hydrogens (tertiary/aromatic N) is 3. The fourth-order valence-corrected chi connectivity index (χ4v) is 4.96. The largest absolute Gasteiger partial charge is 0.360 e. The van der Waals surface area contributed by atoms with Crippen LogP contribution in [0.15, 0.2) is 73.6 Å². The highest BCUT2D eigenvalue weighted by molar-refractivity contribution is 6.33. The summed E-state index contributed by atoms with van der Waals surface area (Å²) in [4.78, 5) is 39.1. The number of hydrogen-bond acceptors (Lipinski definition) is 6. The van der Waals surface area contributed by atoms with Crippen molar-refractivity contribution < 1.29 is 9.59 Å². The number of piperidine rings is 1. The Morgan fingerprint density at radius 1 is 1.11 bits per heavy atom. The molecular weight excluding hydrogens is 502 g/mol. The number of hydrogen-bond donors (Lipinski definition) is 4. The molecule has 3 heterocycles. The van der Waals surface area contributed by atoms with Crippen LogP contribution in [0.5, 0.6) is 0 Å². The van der Waals surface area contributed by atoms with Gasteiger partial charge >= 0.3 is 0 Å². The summed E-state index contributed by atoms with van der Waals surface area (Å²) < 4.78 is 0. The van der Waals surface area contributed by atoms with Gasteiger partial charge in [0.05, 0.1) is 22.8 Å². The minimum atomic E-state index is -0.288. The number of para-hydroxylation sites is 1. The summed E-state index contributed by atoms with van der Waals surface area (Å²) in [6.07, 6.45) is 5.33. The minimum Gasteiger partial charge on any atom is -0.360 e. The number of anilines is 3. The lowest BCUT2D eigenvalue weighted by molar-refractivity contribution is -0.121. The van der Waals surface area contributed by atoms with Crippen molar-refractivity contribution in [2.24, 2.45) is 5.92 Å². The summed E-state index contributed by atoms with van der Waals surface area (Å²) in [5.41, 5.74) is 3.85. The molecule has 38 heavy (non-hydrogen) atoms. The van der Waals surface area contributed by atoms with E-state index < -0.39 is 0 Å². The molecule has 0 radical (unpaired) electrons. The molecule has 0 spiro atoms. The summed E-state index contributed by atoms with van der Waals surface area (Å²) in [5, 5.41) is 10.6. The molecule has 194 valence electrons. The molecule has 2 aromatic heterocycles. The normalized spacial score (nSPS) is 17.6. The Labute approximate surface area is 225 Å². The van der Waals surface area contributed by atoms with Crippen molar-refractivity contribution >= 4 is 51.6 Å². The fraction of sp³-hybridized carbons (Fsp3) is 0.214. The summed E-state index contributed by atoms with van der Waals surface area (Å²) >= 11 is 6.48. The SMILES string of the molecule is C=CC(=O)Nc1ccc(NC(=O)[C@@H]2C[C@H](Nc3ncc(Cl)c(-c4c[nH]c5ccccc45)n3)CN(C)C2)cc1. The summed E-state index contributed by atoms with van der Waals surface area (Å²) in [5.74, 6) is -0.121. The molecule has 1 aliphatic heterocycles. The van der Waals surface area contributed by atoms with Crippen molar-refractivity contribution in [1.29, 1.82) is 0 Å². The predicted molar refractivity (Wildman–Crippen MR) is 151 cm³/mol. The van der Waals surface area contributed by atoms with Crippen LogP contribution in [0, 0.1) is 5.92 Å². The van der Waals surface area contributed by atoms with Gasteiger partial charge in [-0.25, -0.2) is 9.97 Å². The van der Waals surface area contributed by atoms with Crippen molar-refractivity contribution in [2.45, 2.75) is 12.5 Å². The average Bonchev–Trinajstić information content (AvgIpc) is 3.34. The number of carbonyl (C=O) groups is 2. The molecule has 4 aromatic rings. The number of carbonyl (C=O) groups excluding carboxylic acids is 2. The average molecular weight is 530 g/mol. The Bertz CT molecular complexity index is 1480. The van der Waals surface area contributed by atoms with Gasteiger partial charge in [-0.3, -0.25) is 9.59 Å². The first-order chi connectivity index (χ1) is 18.4. The highest BCUT2D eigenvalue weighted by atomic mass is 35.5. The first-order valence-electron chi connectivity index (χ1n) is 12.3. The molecule has 2 aromatic carbocycles. The third-order valence-corrected chi connectivity index (χ3v) is 6.81. The number of rotatable bonds is 7. The molecule has 0 unspecified atom stereocenters. The lowest BCUT2D eigenvalue weighted by Gasteiger charge is -2.35. The van der Waals surface area contributed by atoms with Gasteiger partial charge in [-0.2, -0.15) is 0 Å². The van der Waals surface area contributed by atoms with Crippen LogP contribution in [0.2, 0.25) is 5.02 Å². The molecule has 0 saturated carbocycles. The number of fused-ring (bicyclic) bond motifs is 1. The monoisotopic (exact) mass is 529 g/mol. The van der Waals surface area contributed by atoms with E-state index in [1.807, 2.05) is 37.5 Å². The number of aromatic nitrogens is 3. The lowest BCUT2D eigenvalue weighted by Crippen LogP contribution is -2.48. The van der Waals surface area contributed by atoms with E-state index in [9.17, 15) is 9.59 Å². The molecule has 2 amide bonds. The van der Waals surface area contributed by atoms with Crippen molar-refractivity contribution in [3.8, 4) is 11.3 Å². The zero-order valence-electron chi connectivity index (χ0n) is 20.9. The molecule has 9 nitrogen and oxygen atoms in total. The van der Waals surface area contributed by atoms with E-state index in [0.717, 1.165) is 23.0 Å². The zero-order valence-corrected chi connectivity index (χ0v) is 21.6. The van der Waals surface area contributed by atoms with Gasteiger partial charge in [0, 0.05) is 53.2 Å². The Balaban J connectivity index is 1.26. The van der Waals surface area contributed by atoms with Gasteiger partial charge in [-0.15, -0.1) is 0 Å². The summed E-state index contributed by atoms with van der Waals surface area (Å²) in [6, 6.07) is 14.9. The minimum absolute atomic E-state index is 0.0296. The van der Waals surface area contributed by atoms with E-state index >= 15 is 0 Å². The van der Waals surface area contributed by atoms with Gasteiger partial charge in [0.15, 0.2) is 0 Å². The lowest BCUT2D eigenvalue weighted by atomic mass is 9.93. The molecule has 1 fully saturated rings. The van der Waals surface area contributed by atoms with Crippen LogP contribution in [-0.4, -0.2) is 57.8 Å². The number of likely N-dealkylation sites (N-methyl/N-ethyl adjacent to an activating group) is 1. The molecule has 0 aliphatic carbocycles. The quantitative estimate of drug-likeness (QED) is 0.256. The first-order valence-corrected chi connectivity index (χ1v) is 12.7. The van der Waals surface area contributed by atoms with E-state index in [0.29, 0.717) is 41.0 Å². The van der Waals surface area contributed by atoms with E-state index in [1.165, 1.54) is 6.08 Å². The molecular formula is C28H28ClN7O2. The third kappa shape index (κ3) is 5.69. The number of amides is 2. The number of nitrogens with one attached hydrogen (secondary N) is 4. The molecule has 4 N–H and O–H groups in total. The van der Waals surface area contributed by atoms with Gasteiger partial charge < -0.3 is 25.8 Å². The summed E-state index contributed by atoms with van der Waals surface area (Å²) in [7, 11) is 1.99. The van der Waals surface area contributed by atoms with Crippen LogP contribution in [0.3, 0.4) is 0 Å². The maximum absolute atomic E-state index is 13.1. The van der Waals surface area contributed by atoms with Crippen molar-refractivity contribution in [3.05, 3.63) is 78.6 Å². The molecule has 5 rings (SSSR count). The molecule has 0 bridgehead atoms. The van der Waals surface area contributed by atoms with Crippen LogP contribution in [-0.2, 0) is 9.59 Å². The second-order valence-electron chi connectivity index (χ2n) is 9.39. The first kappa shape index (κ1) is 25.4. The predicted octanol–water partition coefficient (Wildman–Crippen LogP) is 4.77. The zero-order chi connectivity index (χ0) is 26.6. The van der Waals surface area contributed by atoms with Crippen molar-refractivity contribution in [3.63, 3.8) is 0 Å². The van der Waals surface area contributed by atoms with E-state index in [4.69, 9.17) is 16.6 Å². The van der Waals surface area contributed by atoms with E-state index in [-0.39, 0.29) is 23.8 Å². The Morgan fingerprint density at radius 3 is 2.61 bits per heavy atom. The Hall–Kier alpha value is -4.21. The number of benzene rings is 2. The highest BCUT2D eigenvalue weighted by Crippen LogP contribution is 2.32. The summed E-state index contributed by atoms with van der Waals surface area (Å²) in [6.45, 7) is 4.83. The van der Waals surface area contributed by atoms with Crippen LogP contribution >= 0.6 is 11.6 Å². The van der Waals surface area contributed by atoms with Crippen LogP contribution in [0.25, 0.3) is 22.2 Å². The maximum Gasteiger partial charge on any atom is 0.247 e. The topological polar surface area (TPSA) is 115 Å². The fourth-order valence-electron chi connectivity index (χ4n) is 4.76. The Kier molecular flexibility index (Phi) is 7.39. The molecule has 10 heteroatoms. The standard InChI is InChI=1S/C28H28ClN7O2/c1-3-25(37)32-18-8-10-19(11-9-18)33-27(38)17-12-20(16-36(2)15-17)34-28-31-14-23(29)26(35-28)22-13-30-24-7-5-4-6-21(22)24/h3-11,13-14,17,20,30H,1,12,15-16H2,2H3,(H,32,37)(H,33,38)(H,31,34,35)/t17-,20+/m1/s1. The van der Waals surface area contributed by atoms with Crippen LogP contribution < -0.4 is 16.0 Å². The molecule has 1 saturated heterocycles. The second kappa shape index (κ2) is 11.0. The molecule has 1 aliphatic rings. The smallest absolute Gasteiger partial charge is 0.247 e. The van der Waals surface area contributed by atoms with Crippen molar-refractivity contribution in [1.82, 2.24) is 19.9 Å². The third-order valence-electron chi connectivity index (χ3n) is 6.53. The van der Waals surface area contributed by atoms with Gasteiger partial charge in [-0.05, 0) is 49.9 Å². The highest BCUT2D eigenvalue weighted by Gasteiger charge is 2.30. The second-order valence-corrected chi connectivity index (χ2v) is 9.80. The number of aromatic amines is 1. The van der Waals surface area contributed by atoms with Gasteiger partial charge in [0.2, 0.25) is 17.8 Å². The van der Waals surface area contributed by atoms with E-state index in [1.54, 1.807) is 30.5 Å².